The lowest BCUT2D eigenvalue weighted by Gasteiger charge is -2.04. The molecule has 0 N–H and O–H groups in total. The van der Waals surface area contributed by atoms with E-state index < -0.39 is 0 Å². The van der Waals surface area contributed by atoms with Crippen LogP contribution in [0, 0.1) is 6.92 Å². The average Bonchev–Trinajstić information content (AvgIpc) is 2.45. The van der Waals surface area contributed by atoms with Crippen molar-refractivity contribution in [1.29, 1.82) is 0 Å². The molecule has 0 radical (unpaired) electrons. The zero-order chi connectivity index (χ0) is 13.9. The molecule has 0 spiro atoms. The molecule has 3 nitrogen and oxygen atoms in total. The van der Waals surface area contributed by atoms with Gasteiger partial charge in [0.25, 0.3) is 0 Å². The van der Waals surface area contributed by atoms with E-state index in [9.17, 15) is 4.79 Å². The summed E-state index contributed by atoms with van der Waals surface area (Å²) >= 11 is 1.71. The summed E-state index contributed by atoms with van der Waals surface area (Å²) in [6.07, 6.45) is 3.58. The van der Waals surface area contributed by atoms with Crippen LogP contribution in [-0.4, -0.2) is 4.98 Å². The van der Waals surface area contributed by atoms with Crippen molar-refractivity contribution in [3.63, 3.8) is 0 Å². The molecule has 0 unspecified atom stereocenters. The van der Waals surface area contributed by atoms with E-state index in [1.807, 2.05) is 31.2 Å². The number of nitrogens with zero attached hydrogens (tertiary/aromatic N) is 1. The predicted molar refractivity (Wildman–Crippen MR) is 81.0 cm³/mol. The lowest BCUT2D eigenvalue weighted by molar-refractivity contribution is 0.559. The summed E-state index contributed by atoms with van der Waals surface area (Å²) in [4.78, 5) is 16.5. The van der Waals surface area contributed by atoms with E-state index in [0.717, 1.165) is 21.6 Å². The Bertz CT molecular complexity index is 796. The van der Waals surface area contributed by atoms with Crippen molar-refractivity contribution in [3.8, 4) is 0 Å². The summed E-state index contributed by atoms with van der Waals surface area (Å²) in [6.45, 7) is 1.92. The fraction of sp³-hybridized carbons (Fsp3) is 0.125. The summed E-state index contributed by atoms with van der Waals surface area (Å²) < 4.78 is 5.26. The van der Waals surface area contributed by atoms with Gasteiger partial charge >= 0.3 is 5.63 Å². The lowest BCUT2D eigenvalue weighted by atomic mass is 10.1. The number of rotatable bonds is 3. The first-order valence-electron chi connectivity index (χ1n) is 6.28. The molecule has 0 saturated carbocycles. The number of fused-ring (bicyclic) bond motifs is 1. The second-order valence-electron chi connectivity index (χ2n) is 4.55. The Hall–Kier alpha value is -2.07. The van der Waals surface area contributed by atoms with Crippen molar-refractivity contribution < 1.29 is 4.42 Å². The van der Waals surface area contributed by atoms with E-state index in [2.05, 4.69) is 11.1 Å². The van der Waals surface area contributed by atoms with Gasteiger partial charge in [-0.05, 0) is 48.4 Å². The molecule has 0 atom stereocenters. The lowest BCUT2D eigenvalue weighted by Crippen LogP contribution is -1.97. The van der Waals surface area contributed by atoms with Crippen LogP contribution < -0.4 is 5.63 Å². The maximum atomic E-state index is 11.4. The number of aryl methyl sites for hydroxylation is 1. The highest BCUT2D eigenvalue weighted by molar-refractivity contribution is 7.98. The molecule has 20 heavy (non-hydrogen) atoms. The van der Waals surface area contributed by atoms with Gasteiger partial charge in [-0.2, -0.15) is 0 Å². The van der Waals surface area contributed by atoms with Crippen LogP contribution in [0.15, 0.2) is 62.9 Å². The third-order valence-electron chi connectivity index (χ3n) is 3.08. The van der Waals surface area contributed by atoms with Crippen LogP contribution in [0.4, 0.5) is 0 Å². The Morgan fingerprint density at radius 3 is 2.75 bits per heavy atom. The number of thioether (sulfide) groups is 1. The van der Waals surface area contributed by atoms with E-state index in [-0.39, 0.29) is 5.63 Å². The summed E-state index contributed by atoms with van der Waals surface area (Å²) in [5, 5.41) is 0.984. The average molecular weight is 283 g/mol. The minimum absolute atomic E-state index is 0.300. The van der Waals surface area contributed by atoms with Crippen LogP contribution in [0.25, 0.3) is 11.0 Å². The second-order valence-corrected chi connectivity index (χ2v) is 5.60. The first-order chi connectivity index (χ1) is 9.72. The van der Waals surface area contributed by atoms with Crippen LogP contribution in [-0.2, 0) is 5.75 Å². The van der Waals surface area contributed by atoms with Crippen molar-refractivity contribution in [2.24, 2.45) is 0 Å². The molecule has 2 heterocycles. The monoisotopic (exact) mass is 283 g/mol. The molecule has 4 heteroatoms. The molecule has 0 fully saturated rings. The van der Waals surface area contributed by atoms with E-state index >= 15 is 0 Å². The van der Waals surface area contributed by atoms with Crippen molar-refractivity contribution in [1.82, 2.24) is 4.98 Å². The van der Waals surface area contributed by atoms with Gasteiger partial charge in [0, 0.05) is 34.5 Å². The molecule has 0 amide bonds. The smallest absolute Gasteiger partial charge is 0.336 e. The number of hydrogen-bond donors (Lipinski definition) is 0. The van der Waals surface area contributed by atoms with Gasteiger partial charge in [0.1, 0.15) is 5.58 Å². The second kappa shape index (κ2) is 5.51. The first-order valence-corrected chi connectivity index (χ1v) is 7.27. The molecule has 0 aliphatic rings. The van der Waals surface area contributed by atoms with Crippen LogP contribution in [0.1, 0.15) is 11.1 Å². The van der Waals surface area contributed by atoms with Crippen molar-refractivity contribution in [3.05, 3.63) is 70.3 Å². The molecule has 2 aromatic heterocycles. The normalized spacial score (nSPS) is 10.8. The molecular weight excluding hydrogens is 270 g/mol. The van der Waals surface area contributed by atoms with E-state index in [1.165, 1.54) is 11.6 Å². The minimum atomic E-state index is -0.300. The highest BCUT2D eigenvalue weighted by Crippen LogP contribution is 2.26. The molecule has 0 bridgehead atoms. The molecule has 0 saturated heterocycles. The van der Waals surface area contributed by atoms with E-state index in [1.54, 1.807) is 24.2 Å². The molecule has 3 aromatic rings. The SMILES string of the molecule is Cc1cc(=O)oc2cc(SCc3ccncc3)ccc12. The quantitative estimate of drug-likeness (QED) is 0.542. The molecule has 100 valence electrons. The summed E-state index contributed by atoms with van der Waals surface area (Å²) in [7, 11) is 0. The summed E-state index contributed by atoms with van der Waals surface area (Å²) in [5.41, 5.74) is 2.51. The number of aromatic nitrogens is 1. The van der Waals surface area contributed by atoms with Gasteiger partial charge in [-0.1, -0.05) is 0 Å². The Morgan fingerprint density at radius 1 is 1.15 bits per heavy atom. The Labute approximate surface area is 120 Å². The van der Waals surface area contributed by atoms with Gasteiger partial charge in [-0.15, -0.1) is 11.8 Å². The summed E-state index contributed by atoms with van der Waals surface area (Å²) in [5.74, 6) is 0.865. The highest BCUT2D eigenvalue weighted by atomic mass is 32.2. The number of hydrogen-bond acceptors (Lipinski definition) is 4. The van der Waals surface area contributed by atoms with Crippen LogP contribution >= 0.6 is 11.8 Å². The van der Waals surface area contributed by atoms with Gasteiger partial charge in [0.15, 0.2) is 0 Å². The van der Waals surface area contributed by atoms with Crippen molar-refractivity contribution >= 4 is 22.7 Å². The van der Waals surface area contributed by atoms with Gasteiger partial charge in [0.05, 0.1) is 0 Å². The maximum Gasteiger partial charge on any atom is 0.336 e. The fourth-order valence-electron chi connectivity index (χ4n) is 2.04. The minimum Gasteiger partial charge on any atom is -0.423 e. The van der Waals surface area contributed by atoms with Gasteiger partial charge in [-0.3, -0.25) is 4.98 Å². The van der Waals surface area contributed by atoms with Gasteiger partial charge < -0.3 is 4.42 Å². The first kappa shape index (κ1) is 12.9. The molecule has 1 aromatic carbocycles. The Morgan fingerprint density at radius 2 is 1.95 bits per heavy atom. The standard InChI is InChI=1S/C16H13NO2S/c1-11-8-16(18)19-15-9-13(2-3-14(11)15)20-10-12-4-6-17-7-5-12/h2-9H,10H2,1H3. The van der Waals surface area contributed by atoms with Crippen molar-refractivity contribution in [2.75, 3.05) is 0 Å². The zero-order valence-electron chi connectivity index (χ0n) is 11.0. The number of pyridine rings is 1. The third kappa shape index (κ3) is 2.75. The predicted octanol–water partition coefficient (Wildman–Crippen LogP) is 3.79. The number of benzene rings is 1. The van der Waals surface area contributed by atoms with Crippen molar-refractivity contribution in [2.45, 2.75) is 17.6 Å². The molecule has 0 aliphatic carbocycles. The highest BCUT2D eigenvalue weighted by Gasteiger charge is 2.04. The third-order valence-corrected chi connectivity index (χ3v) is 4.14. The largest absolute Gasteiger partial charge is 0.423 e. The Kier molecular flexibility index (Phi) is 3.56. The Balaban J connectivity index is 1.88. The van der Waals surface area contributed by atoms with Crippen LogP contribution in [0.2, 0.25) is 0 Å². The summed E-state index contributed by atoms with van der Waals surface area (Å²) in [6, 6.07) is 11.5. The topological polar surface area (TPSA) is 43.1 Å². The zero-order valence-corrected chi connectivity index (χ0v) is 11.8. The van der Waals surface area contributed by atoms with E-state index in [4.69, 9.17) is 4.42 Å². The van der Waals surface area contributed by atoms with Gasteiger partial charge in [0.2, 0.25) is 0 Å². The molecular formula is C16H13NO2S. The van der Waals surface area contributed by atoms with E-state index in [0.29, 0.717) is 5.58 Å². The maximum absolute atomic E-state index is 11.4. The molecule has 0 aliphatic heterocycles. The van der Waals surface area contributed by atoms with Crippen LogP contribution in [0.5, 0.6) is 0 Å². The fourth-order valence-corrected chi connectivity index (χ4v) is 2.92. The van der Waals surface area contributed by atoms with Crippen LogP contribution in [0.3, 0.4) is 0 Å². The van der Waals surface area contributed by atoms with Gasteiger partial charge in [-0.25, -0.2) is 4.79 Å². The molecule has 3 rings (SSSR count).